The van der Waals surface area contributed by atoms with Crippen molar-refractivity contribution in [1.29, 1.82) is 0 Å². The summed E-state index contributed by atoms with van der Waals surface area (Å²) in [7, 11) is 0. The SMILES string of the molecule is Cc1csc(CC(N)=NOCc2ccc(F)c3cccnc23)n1. The summed E-state index contributed by atoms with van der Waals surface area (Å²) in [6.07, 6.45) is 2.06. The van der Waals surface area contributed by atoms with Crippen LogP contribution in [0.25, 0.3) is 10.9 Å². The third-order valence-electron chi connectivity index (χ3n) is 3.20. The number of oxime groups is 1. The molecule has 7 heteroatoms. The van der Waals surface area contributed by atoms with E-state index in [1.807, 2.05) is 12.3 Å². The average molecular weight is 330 g/mol. The van der Waals surface area contributed by atoms with Crippen LogP contribution in [-0.2, 0) is 17.9 Å². The van der Waals surface area contributed by atoms with Gasteiger partial charge in [-0.15, -0.1) is 11.3 Å². The summed E-state index contributed by atoms with van der Waals surface area (Å²) in [4.78, 5) is 13.8. The van der Waals surface area contributed by atoms with E-state index in [1.165, 1.54) is 17.4 Å². The number of aryl methyl sites for hydroxylation is 1. The molecule has 118 valence electrons. The predicted octanol–water partition coefficient (Wildman–Crippen LogP) is 3.17. The number of hydrogen-bond donors (Lipinski definition) is 1. The maximum Gasteiger partial charge on any atom is 0.146 e. The summed E-state index contributed by atoms with van der Waals surface area (Å²) in [6, 6.07) is 6.42. The van der Waals surface area contributed by atoms with Crippen molar-refractivity contribution in [2.24, 2.45) is 10.9 Å². The van der Waals surface area contributed by atoms with E-state index in [1.54, 1.807) is 24.4 Å². The average Bonchev–Trinajstić information content (AvgIpc) is 2.95. The molecular weight excluding hydrogens is 315 g/mol. The van der Waals surface area contributed by atoms with Crippen LogP contribution >= 0.6 is 11.3 Å². The lowest BCUT2D eigenvalue weighted by Crippen LogP contribution is -2.15. The summed E-state index contributed by atoms with van der Waals surface area (Å²) in [6.45, 7) is 2.10. The Morgan fingerprint density at radius 1 is 1.39 bits per heavy atom. The van der Waals surface area contributed by atoms with Crippen LogP contribution in [0.4, 0.5) is 4.39 Å². The van der Waals surface area contributed by atoms with Gasteiger partial charge in [-0.2, -0.15) is 0 Å². The highest BCUT2D eigenvalue weighted by molar-refractivity contribution is 7.09. The van der Waals surface area contributed by atoms with Gasteiger partial charge in [0.1, 0.15) is 23.3 Å². The molecule has 23 heavy (non-hydrogen) atoms. The monoisotopic (exact) mass is 330 g/mol. The smallest absolute Gasteiger partial charge is 0.146 e. The predicted molar refractivity (Wildman–Crippen MR) is 88.7 cm³/mol. The number of nitrogens with zero attached hydrogens (tertiary/aromatic N) is 3. The molecule has 0 aliphatic heterocycles. The summed E-state index contributed by atoms with van der Waals surface area (Å²) in [5.74, 6) is 0.0396. The summed E-state index contributed by atoms with van der Waals surface area (Å²) < 4.78 is 13.7. The zero-order valence-electron chi connectivity index (χ0n) is 12.5. The van der Waals surface area contributed by atoms with Gasteiger partial charge in [-0.05, 0) is 25.1 Å². The molecule has 0 aliphatic carbocycles. The van der Waals surface area contributed by atoms with Crippen molar-refractivity contribution in [3.05, 3.63) is 57.9 Å². The molecule has 2 aromatic heterocycles. The first-order valence-electron chi connectivity index (χ1n) is 7.01. The molecule has 0 spiro atoms. The molecule has 0 radical (unpaired) electrons. The molecule has 0 bridgehead atoms. The van der Waals surface area contributed by atoms with Crippen molar-refractivity contribution in [2.75, 3.05) is 0 Å². The number of rotatable bonds is 5. The molecule has 2 N–H and O–H groups in total. The Morgan fingerprint density at radius 2 is 2.26 bits per heavy atom. The van der Waals surface area contributed by atoms with Gasteiger partial charge >= 0.3 is 0 Å². The maximum absolute atomic E-state index is 13.7. The number of amidine groups is 1. The van der Waals surface area contributed by atoms with Crippen molar-refractivity contribution < 1.29 is 9.23 Å². The van der Waals surface area contributed by atoms with Gasteiger partial charge in [0.05, 0.1) is 11.9 Å². The van der Waals surface area contributed by atoms with E-state index in [9.17, 15) is 4.39 Å². The van der Waals surface area contributed by atoms with Crippen molar-refractivity contribution in [3.63, 3.8) is 0 Å². The van der Waals surface area contributed by atoms with Gasteiger partial charge < -0.3 is 10.6 Å². The van der Waals surface area contributed by atoms with Crippen LogP contribution in [0.2, 0.25) is 0 Å². The highest BCUT2D eigenvalue weighted by Gasteiger charge is 2.07. The molecule has 0 aliphatic rings. The summed E-state index contributed by atoms with van der Waals surface area (Å²) in [5.41, 5.74) is 8.11. The van der Waals surface area contributed by atoms with Crippen LogP contribution in [0.15, 0.2) is 41.0 Å². The van der Waals surface area contributed by atoms with Crippen molar-refractivity contribution in [2.45, 2.75) is 20.0 Å². The van der Waals surface area contributed by atoms with Gasteiger partial charge in [0.25, 0.3) is 0 Å². The van der Waals surface area contributed by atoms with Gasteiger partial charge in [-0.25, -0.2) is 9.37 Å². The Bertz CT molecular complexity index is 862. The fourth-order valence-electron chi connectivity index (χ4n) is 2.17. The van der Waals surface area contributed by atoms with Crippen LogP contribution in [0.1, 0.15) is 16.3 Å². The van der Waals surface area contributed by atoms with E-state index >= 15 is 0 Å². The quantitative estimate of drug-likeness (QED) is 0.443. The number of halogens is 1. The molecular formula is C16H15FN4OS. The second-order valence-electron chi connectivity index (χ2n) is 5.02. The largest absolute Gasteiger partial charge is 0.389 e. The number of benzene rings is 1. The Labute approximate surface area is 136 Å². The van der Waals surface area contributed by atoms with Crippen LogP contribution in [0, 0.1) is 12.7 Å². The highest BCUT2D eigenvalue weighted by atomic mass is 32.1. The van der Waals surface area contributed by atoms with Gasteiger partial charge in [0.2, 0.25) is 0 Å². The van der Waals surface area contributed by atoms with E-state index in [4.69, 9.17) is 10.6 Å². The van der Waals surface area contributed by atoms with E-state index in [0.29, 0.717) is 23.2 Å². The van der Waals surface area contributed by atoms with Gasteiger partial charge in [0.15, 0.2) is 0 Å². The van der Waals surface area contributed by atoms with E-state index in [-0.39, 0.29) is 12.4 Å². The Balaban J connectivity index is 1.69. The topological polar surface area (TPSA) is 73.4 Å². The second kappa shape index (κ2) is 6.70. The second-order valence-corrected chi connectivity index (χ2v) is 5.96. The zero-order valence-corrected chi connectivity index (χ0v) is 13.3. The first kappa shape index (κ1) is 15.4. The molecule has 2 heterocycles. The van der Waals surface area contributed by atoms with Crippen LogP contribution < -0.4 is 5.73 Å². The molecule has 0 unspecified atom stereocenters. The van der Waals surface area contributed by atoms with Crippen molar-refractivity contribution in [3.8, 4) is 0 Å². The lowest BCUT2D eigenvalue weighted by atomic mass is 10.1. The molecule has 1 aromatic carbocycles. The number of nitrogens with two attached hydrogens (primary N) is 1. The first-order valence-corrected chi connectivity index (χ1v) is 7.89. The molecule has 5 nitrogen and oxygen atoms in total. The molecule has 0 fully saturated rings. The standard InChI is InChI=1S/C16H15FN4OS/c1-10-9-23-15(20-10)7-14(18)21-22-8-11-4-5-13(17)12-3-2-6-19-16(11)12/h2-6,9H,7-8H2,1H3,(H2,18,21). The fraction of sp³-hybridized carbons (Fsp3) is 0.188. The number of pyridine rings is 1. The number of thiazole rings is 1. The van der Waals surface area contributed by atoms with Gasteiger partial charge in [-0.3, -0.25) is 4.98 Å². The fourth-order valence-corrected chi connectivity index (χ4v) is 2.96. The lowest BCUT2D eigenvalue weighted by Gasteiger charge is -2.06. The van der Waals surface area contributed by atoms with E-state index in [0.717, 1.165) is 16.3 Å². The minimum atomic E-state index is -0.306. The van der Waals surface area contributed by atoms with Crippen molar-refractivity contribution >= 4 is 28.1 Å². The number of aromatic nitrogens is 2. The van der Waals surface area contributed by atoms with Crippen LogP contribution in [0.3, 0.4) is 0 Å². The first-order chi connectivity index (χ1) is 11.1. The Hall–Kier alpha value is -2.54. The van der Waals surface area contributed by atoms with Gasteiger partial charge in [-0.1, -0.05) is 11.2 Å². The molecule has 0 saturated carbocycles. The molecule has 3 aromatic rings. The summed E-state index contributed by atoms with van der Waals surface area (Å²) >= 11 is 1.53. The van der Waals surface area contributed by atoms with Crippen LogP contribution in [0.5, 0.6) is 0 Å². The Morgan fingerprint density at radius 3 is 3.04 bits per heavy atom. The van der Waals surface area contributed by atoms with Crippen LogP contribution in [-0.4, -0.2) is 15.8 Å². The third kappa shape index (κ3) is 3.62. The molecule has 0 atom stereocenters. The van der Waals surface area contributed by atoms with E-state index in [2.05, 4.69) is 15.1 Å². The maximum atomic E-state index is 13.7. The minimum absolute atomic E-state index is 0.172. The zero-order chi connectivity index (χ0) is 16.2. The minimum Gasteiger partial charge on any atom is -0.389 e. The van der Waals surface area contributed by atoms with Crippen molar-refractivity contribution in [1.82, 2.24) is 9.97 Å². The summed E-state index contributed by atoms with van der Waals surface area (Å²) in [5, 5.41) is 7.20. The molecule has 0 amide bonds. The number of hydrogen-bond acceptors (Lipinski definition) is 5. The van der Waals surface area contributed by atoms with Gasteiger partial charge in [0, 0.05) is 28.2 Å². The molecule has 0 saturated heterocycles. The normalized spacial score (nSPS) is 11.8. The number of fused-ring (bicyclic) bond motifs is 1. The van der Waals surface area contributed by atoms with E-state index < -0.39 is 0 Å². The Kier molecular flexibility index (Phi) is 4.47. The lowest BCUT2D eigenvalue weighted by molar-refractivity contribution is 0.130. The molecule has 3 rings (SSSR count). The highest BCUT2D eigenvalue weighted by Crippen LogP contribution is 2.20. The third-order valence-corrected chi connectivity index (χ3v) is 4.17.